The van der Waals surface area contributed by atoms with Crippen LogP contribution in [0.3, 0.4) is 0 Å². The number of hydrogen-bond acceptors (Lipinski definition) is 4. The molecule has 0 saturated heterocycles. The standard InChI is InChI=1S/C26H30ClF2N3O3/c1-15(2)12-26(6,32(24(33)34)25(3,4)5)14-35-22-13-31-20(11-18(22)27)17-7-8-30-21-10-16(28)9-19(29)23(17)21/h7-11,13,15H,12,14H2,1-6H3,(H,33,34). The van der Waals surface area contributed by atoms with Gasteiger partial charge in [-0.1, -0.05) is 25.4 Å². The van der Waals surface area contributed by atoms with Crippen LogP contribution in [0.5, 0.6) is 5.75 Å². The van der Waals surface area contributed by atoms with E-state index in [2.05, 4.69) is 9.97 Å². The van der Waals surface area contributed by atoms with Crippen molar-refractivity contribution in [2.45, 2.75) is 59.0 Å². The van der Waals surface area contributed by atoms with Gasteiger partial charge in [0, 0.05) is 34.8 Å². The summed E-state index contributed by atoms with van der Waals surface area (Å²) < 4.78 is 34.2. The smallest absolute Gasteiger partial charge is 0.408 e. The summed E-state index contributed by atoms with van der Waals surface area (Å²) in [5.74, 6) is -0.982. The highest BCUT2D eigenvalue weighted by Gasteiger charge is 2.43. The molecular formula is C26H30ClF2N3O3. The maximum absolute atomic E-state index is 14.5. The van der Waals surface area contributed by atoms with Crippen LogP contribution in [0.4, 0.5) is 13.6 Å². The Labute approximate surface area is 208 Å². The van der Waals surface area contributed by atoms with Gasteiger partial charge in [-0.3, -0.25) is 14.9 Å². The lowest BCUT2D eigenvalue weighted by Gasteiger charge is -2.47. The fraction of sp³-hybridized carbons (Fsp3) is 0.423. The van der Waals surface area contributed by atoms with Crippen molar-refractivity contribution in [1.29, 1.82) is 0 Å². The summed E-state index contributed by atoms with van der Waals surface area (Å²) in [7, 11) is 0. The number of halogens is 3. The van der Waals surface area contributed by atoms with Crippen molar-refractivity contribution in [2.75, 3.05) is 6.61 Å². The van der Waals surface area contributed by atoms with E-state index in [1.165, 1.54) is 23.4 Å². The summed E-state index contributed by atoms with van der Waals surface area (Å²) in [6.45, 7) is 11.5. The first-order valence-corrected chi connectivity index (χ1v) is 11.7. The molecule has 0 saturated carbocycles. The Morgan fingerprint density at radius 3 is 2.43 bits per heavy atom. The topological polar surface area (TPSA) is 75.6 Å². The Morgan fingerprint density at radius 2 is 1.86 bits per heavy atom. The minimum absolute atomic E-state index is 0.0571. The van der Waals surface area contributed by atoms with E-state index in [9.17, 15) is 18.7 Å². The molecule has 0 bridgehead atoms. The summed E-state index contributed by atoms with van der Waals surface area (Å²) >= 11 is 6.50. The Bertz CT molecular complexity index is 1250. The summed E-state index contributed by atoms with van der Waals surface area (Å²) in [6.07, 6.45) is 2.40. The summed E-state index contributed by atoms with van der Waals surface area (Å²) in [6, 6.07) is 5.06. The highest BCUT2D eigenvalue weighted by Crippen LogP contribution is 2.36. The molecule has 1 atom stereocenters. The van der Waals surface area contributed by atoms with Gasteiger partial charge in [0.05, 0.1) is 28.0 Å². The Hall–Kier alpha value is -3.00. The summed E-state index contributed by atoms with van der Waals surface area (Å²) in [5, 5.41) is 10.3. The molecule has 3 aromatic rings. The van der Waals surface area contributed by atoms with Crippen LogP contribution in [-0.4, -0.2) is 43.8 Å². The van der Waals surface area contributed by atoms with Crippen molar-refractivity contribution in [3.05, 3.63) is 53.3 Å². The third-order valence-electron chi connectivity index (χ3n) is 5.64. The van der Waals surface area contributed by atoms with Crippen LogP contribution in [0, 0.1) is 17.6 Å². The van der Waals surface area contributed by atoms with Crippen molar-refractivity contribution in [2.24, 2.45) is 5.92 Å². The molecular weight excluding hydrogens is 476 g/mol. The molecule has 1 unspecified atom stereocenters. The van der Waals surface area contributed by atoms with Gasteiger partial charge in [0.2, 0.25) is 0 Å². The molecule has 0 spiro atoms. The molecule has 0 radical (unpaired) electrons. The van der Waals surface area contributed by atoms with Gasteiger partial charge in [0.15, 0.2) is 5.75 Å². The van der Waals surface area contributed by atoms with E-state index in [0.717, 1.165) is 12.1 Å². The van der Waals surface area contributed by atoms with Crippen molar-refractivity contribution >= 4 is 28.6 Å². The van der Waals surface area contributed by atoms with Crippen LogP contribution in [0.15, 0.2) is 36.7 Å². The highest BCUT2D eigenvalue weighted by molar-refractivity contribution is 6.32. The SMILES string of the molecule is CC(C)CC(C)(COc1cnc(-c2ccnc3cc(F)cc(F)c23)cc1Cl)N(C(=O)O)C(C)(C)C. The van der Waals surface area contributed by atoms with Crippen LogP contribution < -0.4 is 4.74 Å². The zero-order valence-corrected chi connectivity index (χ0v) is 21.5. The molecule has 2 heterocycles. The zero-order chi connectivity index (χ0) is 26.1. The van der Waals surface area contributed by atoms with Crippen molar-refractivity contribution in [1.82, 2.24) is 14.9 Å². The first-order chi connectivity index (χ1) is 16.2. The van der Waals surface area contributed by atoms with Gasteiger partial charge in [-0.2, -0.15) is 0 Å². The molecule has 0 aliphatic heterocycles. The minimum atomic E-state index is -1.04. The van der Waals surface area contributed by atoms with Gasteiger partial charge in [0.1, 0.15) is 18.2 Å². The molecule has 0 aliphatic rings. The molecule has 6 nitrogen and oxygen atoms in total. The van der Waals surface area contributed by atoms with Gasteiger partial charge in [-0.05, 0) is 52.2 Å². The maximum atomic E-state index is 14.5. The number of carbonyl (C=O) groups is 1. The van der Waals surface area contributed by atoms with Gasteiger partial charge in [-0.25, -0.2) is 13.6 Å². The number of carboxylic acid groups (broad SMARTS) is 1. The molecule has 0 fully saturated rings. The predicted molar refractivity (Wildman–Crippen MR) is 133 cm³/mol. The van der Waals surface area contributed by atoms with Gasteiger partial charge in [-0.15, -0.1) is 0 Å². The van der Waals surface area contributed by atoms with E-state index in [-0.39, 0.29) is 34.2 Å². The van der Waals surface area contributed by atoms with Crippen LogP contribution in [0.1, 0.15) is 48.0 Å². The van der Waals surface area contributed by atoms with Crippen molar-refractivity contribution in [3.8, 4) is 17.0 Å². The third-order valence-corrected chi connectivity index (χ3v) is 5.94. The summed E-state index contributed by atoms with van der Waals surface area (Å²) in [4.78, 5) is 22.0. The van der Waals surface area contributed by atoms with Gasteiger partial charge >= 0.3 is 6.09 Å². The second-order valence-corrected chi connectivity index (χ2v) is 10.7. The number of fused-ring (bicyclic) bond motifs is 1. The zero-order valence-electron chi connectivity index (χ0n) is 20.7. The fourth-order valence-electron chi connectivity index (χ4n) is 4.74. The lowest BCUT2D eigenvalue weighted by atomic mass is 9.86. The van der Waals surface area contributed by atoms with E-state index in [4.69, 9.17) is 16.3 Å². The number of aromatic nitrogens is 2. The molecule has 0 aliphatic carbocycles. The molecule has 2 aromatic heterocycles. The van der Waals surface area contributed by atoms with Crippen LogP contribution >= 0.6 is 11.6 Å². The van der Waals surface area contributed by atoms with Crippen LogP contribution in [-0.2, 0) is 0 Å². The average molecular weight is 506 g/mol. The first-order valence-electron chi connectivity index (χ1n) is 11.3. The van der Waals surface area contributed by atoms with Crippen molar-refractivity contribution in [3.63, 3.8) is 0 Å². The van der Waals surface area contributed by atoms with Gasteiger partial charge in [0.25, 0.3) is 0 Å². The second-order valence-electron chi connectivity index (χ2n) is 10.3. The van der Waals surface area contributed by atoms with E-state index in [1.54, 1.807) is 6.07 Å². The fourth-order valence-corrected chi connectivity index (χ4v) is 4.95. The van der Waals surface area contributed by atoms with Crippen LogP contribution in [0.25, 0.3) is 22.2 Å². The Balaban J connectivity index is 1.94. The Kier molecular flexibility index (Phi) is 7.55. The van der Waals surface area contributed by atoms with Crippen LogP contribution in [0.2, 0.25) is 5.02 Å². The van der Waals surface area contributed by atoms with Crippen molar-refractivity contribution < 1.29 is 23.4 Å². The molecule has 35 heavy (non-hydrogen) atoms. The number of amides is 1. The van der Waals surface area contributed by atoms with Gasteiger partial charge < -0.3 is 9.84 Å². The Morgan fingerprint density at radius 1 is 1.17 bits per heavy atom. The minimum Gasteiger partial charge on any atom is -0.488 e. The summed E-state index contributed by atoms with van der Waals surface area (Å²) in [5.41, 5.74) is -0.549. The number of hydrogen-bond donors (Lipinski definition) is 1. The molecule has 1 amide bonds. The number of nitrogens with zero attached hydrogens (tertiary/aromatic N) is 3. The normalized spacial score (nSPS) is 13.7. The largest absolute Gasteiger partial charge is 0.488 e. The number of benzene rings is 1. The number of rotatable bonds is 7. The predicted octanol–water partition coefficient (Wildman–Crippen LogP) is 7.19. The monoisotopic (exact) mass is 505 g/mol. The molecule has 3 rings (SSSR count). The van der Waals surface area contributed by atoms with E-state index < -0.39 is 28.8 Å². The maximum Gasteiger partial charge on any atom is 0.408 e. The molecule has 1 aromatic carbocycles. The number of pyridine rings is 2. The average Bonchev–Trinajstić information content (AvgIpc) is 2.70. The first kappa shape index (κ1) is 26.6. The molecule has 9 heteroatoms. The molecule has 188 valence electrons. The lowest BCUT2D eigenvalue weighted by molar-refractivity contribution is -0.0109. The lowest BCUT2D eigenvalue weighted by Crippen LogP contribution is -2.61. The highest BCUT2D eigenvalue weighted by atomic mass is 35.5. The van der Waals surface area contributed by atoms with E-state index in [1.807, 2.05) is 41.5 Å². The number of ether oxygens (including phenoxy) is 1. The third kappa shape index (κ3) is 5.81. The molecule has 1 N–H and O–H groups in total. The quantitative estimate of drug-likeness (QED) is 0.367. The second kappa shape index (κ2) is 9.93. The van der Waals surface area contributed by atoms with E-state index >= 15 is 0 Å². The van der Waals surface area contributed by atoms with E-state index in [0.29, 0.717) is 17.7 Å².